The summed E-state index contributed by atoms with van der Waals surface area (Å²) in [6, 6.07) is 0. The quantitative estimate of drug-likeness (QED) is 0.878. The Morgan fingerprint density at radius 2 is 2.29 bits per heavy atom. The van der Waals surface area contributed by atoms with Gasteiger partial charge in [0, 0.05) is 26.1 Å². The summed E-state index contributed by atoms with van der Waals surface area (Å²) < 4.78 is 4.97. The number of rotatable bonds is 5. The lowest BCUT2D eigenvalue weighted by molar-refractivity contribution is -0.140. The zero-order chi connectivity index (χ0) is 11.3. The molecule has 0 fully saturated rings. The smallest absolute Gasteiger partial charge is 0.253 e. The van der Waals surface area contributed by atoms with Gasteiger partial charge < -0.3 is 15.4 Å². The van der Waals surface area contributed by atoms with Crippen LogP contribution in [-0.4, -0.2) is 42.6 Å². The lowest BCUT2D eigenvalue weighted by Gasteiger charge is -2.20. The van der Waals surface area contributed by atoms with Gasteiger partial charge in [-0.25, -0.2) is 4.98 Å². The Morgan fingerprint density at radius 1 is 1.65 bits per heavy atom. The highest BCUT2D eigenvalue weighted by atomic mass is 35.5. The Labute approximate surface area is 117 Å². The first-order chi connectivity index (χ1) is 7.19. The molecule has 0 aliphatic heterocycles. The van der Waals surface area contributed by atoms with Crippen LogP contribution in [0.4, 0.5) is 0 Å². The first kappa shape index (κ1) is 19.0. The molecule has 2 N–H and O–H groups in total. The van der Waals surface area contributed by atoms with Crippen LogP contribution < -0.4 is 5.73 Å². The zero-order valence-corrected chi connectivity index (χ0v) is 12.1. The van der Waals surface area contributed by atoms with Gasteiger partial charge >= 0.3 is 0 Å². The fourth-order valence-corrected chi connectivity index (χ4v) is 1.73. The van der Waals surface area contributed by atoms with Crippen LogP contribution in [0.5, 0.6) is 0 Å². The van der Waals surface area contributed by atoms with Crippen molar-refractivity contribution in [3.8, 4) is 0 Å². The van der Waals surface area contributed by atoms with Crippen LogP contribution in [0.15, 0.2) is 10.9 Å². The second kappa shape index (κ2) is 9.61. The number of amides is 1. The maximum atomic E-state index is 11.7. The SMILES string of the molecule is COC(CN)C(=O)N(C)Cc1cscn1.Cl.Cl. The van der Waals surface area contributed by atoms with Crippen LogP contribution in [0, 0.1) is 0 Å². The van der Waals surface area contributed by atoms with E-state index in [-0.39, 0.29) is 37.3 Å². The van der Waals surface area contributed by atoms with Crippen LogP contribution in [0.2, 0.25) is 0 Å². The first-order valence-corrected chi connectivity index (χ1v) is 5.48. The topological polar surface area (TPSA) is 68.5 Å². The first-order valence-electron chi connectivity index (χ1n) is 4.54. The molecular formula is C9H17Cl2N3O2S. The molecule has 1 unspecified atom stereocenters. The predicted molar refractivity (Wildman–Crippen MR) is 72.9 cm³/mol. The average Bonchev–Trinajstić information content (AvgIpc) is 2.72. The molecule has 0 spiro atoms. The zero-order valence-electron chi connectivity index (χ0n) is 9.66. The molecule has 8 heteroatoms. The Morgan fingerprint density at radius 3 is 2.71 bits per heavy atom. The molecule has 100 valence electrons. The van der Waals surface area contributed by atoms with Gasteiger partial charge in [0.05, 0.1) is 17.7 Å². The highest BCUT2D eigenvalue weighted by Gasteiger charge is 2.20. The van der Waals surface area contributed by atoms with Gasteiger partial charge in [0.1, 0.15) is 6.10 Å². The highest BCUT2D eigenvalue weighted by Crippen LogP contribution is 2.05. The molecule has 1 amide bonds. The van der Waals surface area contributed by atoms with E-state index in [1.54, 1.807) is 17.5 Å². The minimum absolute atomic E-state index is 0. The number of nitrogens with two attached hydrogens (primary N) is 1. The number of aromatic nitrogens is 1. The molecule has 1 rings (SSSR count). The van der Waals surface area contributed by atoms with Crippen LogP contribution in [0.3, 0.4) is 0 Å². The van der Waals surface area contributed by atoms with E-state index in [0.29, 0.717) is 6.54 Å². The van der Waals surface area contributed by atoms with Crippen LogP contribution in [0.1, 0.15) is 5.69 Å². The van der Waals surface area contributed by atoms with Crippen molar-refractivity contribution in [3.63, 3.8) is 0 Å². The molecule has 1 aromatic heterocycles. The van der Waals surface area contributed by atoms with Crippen molar-refractivity contribution in [2.24, 2.45) is 5.73 Å². The fourth-order valence-electron chi connectivity index (χ4n) is 1.18. The summed E-state index contributed by atoms with van der Waals surface area (Å²) in [4.78, 5) is 17.4. The van der Waals surface area contributed by atoms with Crippen LogP contribution >= 0.6 is 36.2 Å². The van der Waals surface area contributed by atoms with Gasteiger partial charge in [-0.2, -0.15) is 0 Å². The van der Waals surface area contributed by atoms with Gasteiger partial charge in [0.2, 0.25) is 0 Å². The molecule has 0 radical (unpaired) electrons. The number of thiazole rings is 1. The van der Waals surface area contributed by atoms with Crippen molar-refractivity contribution in [2.45, 2.75) is 12.6 Å². The number of methoxy groups -OCH3 is 1. The minimum Gasteiger partial charge on any atom is -0.370 e. The maximum Gasteiger partial charge on any atom is 0.253 e. The summed E-state index contributed by atoms with van der Waals surface area (Å²) in [6.45, 7) is 0.679. The van der Waals surface area contributed by atoms with Crippen molar-refractivity contribution < 1.29 is 9.53 Å². The number of halogens is 2. The molecule has 0 saturated heterocycles. The van der Waals surface area contributed by atoms with E-state index in [9.17, 15) is 4.79 Å². The third kappa shape index (κ3) is 5.65. The monoisotopic (exact) mass is 301 g/mol. The van der Waals surface area contributed by atoms with Crippen molar-refractivity contribution in [3.05, 3.63) is 16.6 Å². The molecule has 0 aromatic carbocycles. The maximum absolute atomic E-state index is 11.7. The largest absolute Gasteiger partial charge is 0.370 e. The number of hydrogen-bond donors (Lipinski definition) is 1. The standard InChI is InChI=1S/C9H15N3O2S.2ClH/c1-12(4-7-5-15-6-11-7)9(13)8(3-10)14-2;;/h5-6,8H,3-4,10H2,1-2H3;2*1H. The lowest BCUT2D eigenvalue weighted by Crippen LogP contribution is -2.41. The average molecular weight is 302 g/mol. The Balaban J connectivity index is 0. The van der Waals surface area contributed by atoms with E-state index < -0.39 is 6.10 Å². The summed E-state index contributed by atoms with van der Waals surface area (Å²) in [5, 5.41) is 1.91. The predicted octanol–water partition coefficient (Wildman–Crippen LogP) is 0.919. The van der Waals surface area contributed by atoms with Crippen LogP contribution in [-0.2, 0) is 16.1 Å². The number of carbonyl (C=O) groups excluding carboxylic acids is 1. The molecule has 0 aliphatic rings. The van der Waals surface area contributed by atoms with Gasteiger partial charge in [-0.05, 0) is 0 Å². The van der Waals surface area contributed by atoms with E-state index in [0.717, 1.165) is 5.69 Å². The van der Waals surface area contributed by atoms with E-state index >= 15 is 0 Å². The Hall–Kier alpha value is -0.400. The highest BCUT2D eigenvalue weighted by molar-refractivity contribution is 7.07. The molecule has 0 bridgehead atoms. The summed E-state index contributed by atoms with van der Waals surface area (Å²) >= 11 is 1.51. The molecule has 1 heterocycles. The lowest BCUT2D eigenvalue weighted by atomic mass is 10.3. The normalized spacial score (nSPS) is 11.0. The molecule has 0 saturated carbocycles. The number of hydrogen-bond acceptors (Lipinski definition) is 5. The van der Waals surface area contributed by atoms with Crippen molar-refractivity contribution in [2.75, 3.05) is 20.7 Å². The Kier molecular flexibility index (Phi) is 10.7. The van der Waals surface area contributed by atoms with E-state index in [2.05, 4.69) is 4.98 Å². The molecule has 17 heavy (non-hydrogen) atoms. The molecule has 1 atom stereocenters. The minimum atomic E-state index is -0.561. The third-order valence-corrected chi connectivity index (χ3v) is 2.67. The summed E-state index contributed by atoms with van der Waals surface area (Å²) in [6.07, 6.45) is -0.561. The van der Waals surface area contributed by atoms with Gasteiger partial charge in [0.15, 0.2) is 0 Å². The third-order valence-electron chi connectivity index (χ3n) is 2.03. The molecule has 5 nitrogen and oxygen atoms in total. The van der Waals surface area contributed by atoms with Crippen LogP contribution in [0.25, 0.3) is 0 Å². The van der Waals surface area contributed by atoms with Crippen molar-refractivity contribution in [1.29, 1.82) is 0 Å². The number of carbonyl (C=O) groups is 1. The van der Waals surface area contributed by atoms with Gasteiger partial charge in [-0.1, -0.05) is 0 Å². The van der Waals surface area contributed by atoms with Crippen molar-refractivity contribution >= 4 is 42.1 Å². The van der Waals surface area contributed by atoms with Crippen molar-refractivity contribution in [1.82, 2.24) is 9.88 Å². The van der Waals surface area contributed by atoms with Gasteiger partial charge in [-0.3, -0.25) is 4.79 Å². The fraction of sp³-hybridized carbons (Fsp3) is 0.556. The molecule has 1 aromatic rings. The second-order valence-corrected chi connectivity index (χ2v) is 3.85. The number of nitrogens with zero attached hydrogens (tertiary/aromatic N) is 2. The van der Waals surface area contributed by atoms with Gasteiger partial charge in [-0.15, -0.1) is 36.2 Å². The summed E-state index contributed by atoms with van der Waals surface area (Å²) in [5.41, 5.74) is 8.03. The number of likely N-dealkylation sites (N-methyl/N-ethyl adjacent to an activating group) is 1. The molecular weight excluding hydrogens is 285 g/mol. The van der Waals surface area contributed by atoms with E-state index in [1.165, 1.54) is 18.4 Å². The molecule has 0 aliphatic carbocycles. The Bertz CT molecular complexity index is 307. The van der Waals surface area contributed by atoms with E-state index in [1.807, 2.05) is 5.38 Å². The van der Waals surface area contributed by atoms with E-state index in [4.69, 9.17) is 10.5 Å². The summed E-state index contributed by atoms with van der Waals surface area (Å²) in [5.74, 6) is -0.118. The summed E-state index contributed by atoms with van der Waals surface area (Å²) in [7, 11) is 3.19. The van der Waals surface area contributed by atoms with Gasteiger partial charge in [0.25, 0.3) is 5.91 Å². The number of ether oxygens (including phenoxy) is 1. The second-order valence-electron chi connectivity index (χ2n) is 3.13.